The molecular weight excluding hydrogens is 652 g/mol. The smallest absolute Gasteiger partial charge is 0.303 e. The van der Waals surface area contributed by atoms with Crippen LogP contribution in [0.15, 0.2) is 42.5 Å². The quantitative estimate of drug-likeness (QED) is 0.164. The van der Waals surface area contributed by atoms with Gasteiger partial charge in [-0.2, -0.15) is 0 Å². The number of benzene rings is 2. The first-order chi connectivity index (χ1) is 21.5. The maximum absolute atomic E-state index is 14.4. The third kappa shape index (κ3) is 7.18. The maximum Gasteiger partial charge on any atom is 0.303 e. The predicted octanol–water partition coefficient (Wildman–Crippen LogP) is 7.20. The van der Waals surface area contributed by atoms with Gasteiger partial charge in [-0.05, 0) is 46.9 Å². The number of thioether (sulfide) groups is 1. The summed E-state index contributed by atoms with van der Waals surface area (Å²) in [6.45, 7) is 3.59. The lowest BCUT2D eigenvalue weighted by molar-refractivity contribution is -0.233. The van der Waals surface area contributed by atoms with E-state index in [9.17, 15) is 31.9 Å². The number of fused-ring (bicyclic) bond motifs is 1. The lowest BCUT2D eigenvalue weighted by Crippen LogP contribution is -2.57. The van der Waals surface area contributed by atoms with Crippen LogP contribution in [0.1, 0.15) is 74.8 Å². The Morgan fingerprint density at radius 2 is 1.39 bits per heavy atom. The number of esters is 3. The molecule has 13 heteroatoms. The molecule has 1 aliphatic heterocycles. The van der Waals surface area contributed by atoms with Crippen molar-refractivity contribution >= 4 is 41.3 Å². The van der Waals surface area contributed by atoms with E-state index in [1.54, 1.807) is 48.7 Å². The Hall–Kier alpha value is -2.83. The van der Waals surface area contributed by atoms with E-state index in [-0.39, 0.29) is 0 Å². The van der Waals surface area contributed by atoms with E-state index >= 15 is 0 Å². The highest BCUT2D eigenvalue weighted by atomic mass is 35.5. The van der Waals surface area contributed by atoms with E-state index < -0.39 is 96.6 Å². The summed E-state index contributed by atoms with van der Waals surface area (Å²) in [6.07, 6.45) is -4.61. The molecule has 2 aliphatic carbocycles. The number of hydrogen-bond acceptors (Lipinski definition) is 8. The summed E-state index contributed by atoms with van der Waals surface area (Å²) in [7, 11) is 0. The van der Waals surface area contributed by atoms with Crippen molar-refractivity contribution in [2.75, 3.05) is 6.26 Å². The summed E-state index contributed by atoms with van der Waals surface area (Å²) in [5, 5.41) is 0.410. The number of carbonyl (C=O) groups is 3. The van der Waals surface area contributed by atoms with Crippen molar-refractivity contribution in [2.45, 2.75) is 100.0 Å². The van der Waals surface area contributed by atoms with Crippen LogP contribution < -0.4 is 0 Å². The van der Waals surface area contributed by atoms with Gasteiger partial charge in [0.15, 0.2) is 18.3 Å². The average molecular weight is 687 g/mol. The molecule has 1 saturated heterocycles. The van der Waals surface area contributed by atoms with Gasteiger partial charge in [0.05, 0.1) is 0 Å². The van der Waals surface area contributed by atoms with Crippen LogP contribution in [0.25, 0.3) is 0 Å². The van der Waals surface area contributed by atoms with Crippen molar-refractivity contribution in [3.8, 4) is 0 Å². The molecule has 0 unspecified atom stereocenters. The molecule has 0 radical (unpaired) electrons. The average Bonchev–Trinajstić information content (AvgIpc) is 3.34. The van der Waals surface area contributed by atoms with Gasteiger partial charge in [-0.3, -0.25) is 14.4 Å². The largest absolute Gasteiger partial charge is 0.455 e. The van der Waals surface area contributed by atoms with Crippen LogP contribution in [0.3, 0.4) is 0 Å². The first-order valence-corrected chi connectivity index (χ1v) is 16.5. The van der Waals surface area contributed by atoms with Gasteiger partial charge in [-0.15, -0.1) is 11.8 Å². The summed E-state index contributed by atoms with van der Waals surface area (Å²) in [6, 6.07) is 11.9. The monoisotopic (exact) mass is 686 g/mol. The number of carbonyl (C=O) groups excluding carboxylic acids is 3. The molecule has 3 fully saturated rings. The molecule has 7 nitrogen and oxygen atoms in total. The van der Waals surface area contributed by atoms with Crippen molar-refractivity contribution in [1.29, 1.82) is 0 Å². The van der Waals surface area contributed by atoms with Gasteiger partial charge in [0.2, 0.25) is 11.8 Å². The normalized spacial score (nSPS) is 31.2. The summed E-state index contributed by atoms with van der Waals surface area (Å²) in [4.78, 5) is 36.2. The summed E-state index contributed by atoms with van der Waals surface area (Å²) in [5.74, 6) is -8.74. The lowest BCUT2D eigenvalue weighted by Gasteiger charge is -2.44. The van der Waals surface area contributed by atoms with Gasteiger partial charge in [-0.25, -0.2) is 17.6 Å². The fourth-order valence-corrected chi connectivity index (χ4v) is 8.25. The van der Waals surface area contributed by atoms with Gasteiger partial charge < -0.3 is 18.9 Å². The third-order valence-electron chi connectivity index (χ3n) is 8.97. The Labute approximate surface area is 273 Å². The van der Waals surface area contributed by atoms with Gasteiger partial charge in [0.25, 0.3) is 0 Å². The molecule has 0 aromatic heterocycles. The highest BCUT2D eigenvalue weighted by Crippen LogP contribution is 2.64. The van der Waals surface area contributed by atoms with E-state index in [0.717, 1.165) is 5.56 Å². The third-order valence-corrected chi connectivity index (χ3v) is 10.2. The van der Waals surface area contributed by atoms with Crippen LogP contribution in [0, 0.1) is 5.92 Å². The van der Waals surface area contributed by atoms with Crippen LogP contribution in [0.2, 0.25) is 5.02 Å². The van der Waals surface area contributed by atoms with E-state index in [1.165, 1.54) is 32.5 Å². The zero-order valence-electron chi connectivity index (χ0n) is 25.7. The molecule has 0 N–H and O–H groups in total. The van der Waals surface area contributed by atoms with Crippen LogP contribution in [-0.4, -0.2) is 59.8 Å². The van der Waals surface area contributed by atoms with Crippen molar-refractivity contribution in [1.82, 2.24) is 0 Å². The Kier molecular flexibility index (Phi) is 9.75. The van der Waals surface area contributed by atoms with Gasteiger partial charge in [-0.1, -0.05) is 48.0 Å². The minimum absolute atomic E-state index is 0.302. The standard InChI is InChI=1S/C33H35ClF4O7S/c1-17(39)42-27-26(45-30(46-4)29(44-19(3)41)28(27)43-18(2)40)21-7-10-25(34)22(12-21)11-20-5-8-23(9-6-20)31-15-32(35,36)13-24(31)14-33(37,38)16-31/h5-10,12,24,26-30H,11,13-16H2,1-4H3/t24?,26-,27-,28+,29-,30+,31?/m0/s1. The zero-order valence-corrected chi connectivity index (χ0v) is 27.3. The summed E-state index contributed by atoms with van der Waals surface area (Å²) >= 11 is 7.81. The van der Waals surface area contributed by atoms with Crippen molar-refractivity contribution in [2.24, 2.45) is 5.92 Å². The topological polar surface area (TPSA) is 88.1 Å². The second-order valence-corrected chi connectivity index (χ2v) is 13.8. The fourth-order valence-electron chi connectivity index (χ4n) is 7.36. The second kappa shape index (κ2) is 13.0. The fraction of sp³-hybridized carbons (Fsp3) is 0.545. The Morgan fingerprint density at radius 3 is 1.93 bits per heavy atom. The molecule has 2 aromatic rings. The van der Waals surface area contributed by atoms with Crippen LogP contribution in [0.4, 0.5) is 17.6 Å². The van der Waals surface area contributed by atoms with Crippen molar-refractivity contribution in [3.63, 3.8) is 0 Å². The Morgan fingerprint density at radius 1 is 0.848 bits per heavy atom. The molecule has 5 atom stereocenters. The van der Waals surface area contributed by atoms with E-state index in [0.29, 0.717) is 28.1 Å². The second-order valence-electron chi connectivity index (χ2n) is 12.4. The minimum atomic E-state index is -2.99. The molecule has 5 rings (SSSR count). The van der Waals surface area contributed by atoms with Crippen molar-refractivity contribution < 1.29 is 50.9 Å². The highest BCUT2D eigenvalue weighted by molar-refractivity contribution is 7.99. The van der Waals surface area contributed by atoms with Crippen LogP contribution >= 0.6 is 23.4 Å². The van der Waals surface area contributed by atoms with Gasteiger partial charge >= 0.3 is 17.9 Å². The number of rotatable bonds is 8. The Balaban J connectivity index is 1.44. The molecule has 3 aliphatic rings. The molecule has 2 saturated carbocycles. The van der Waals surface area contributed by atoms with Gasteiger partial charge in [0.1, 0.15) is 11.5 Å². The molecule has 0 amide bonds. The zero-order chi connectivity index (χ0) is 33.6. The molecular formula is C33H35ClF4O7S. The molecule has 0 bridgehead atoms. The maximum atomic E-state index is 14.4. The first-order valence-electron chi connectivity index (χ1n) is 14.9. The number of hydrogen-bond donors (Lipinski definition) is 0. The summed E-state index contributed by atoms with van der Waals surface area (Å²) in [5.41, 5.74) is 0.385. The molecule has 2 aromatic carbocycles. The summed E-state index contributed by atoms with van der Waals surface area (Å²) < 4.78 is 80.6. The number of alkyl halides is 4. The lowest BCUT2D eigenvalue weighted by atomic mass is 9.74. The molecule has 1 heterocycles. The molecule has 250 valence electrons. The number of halogens is 5. The van der Waals surface area contributed by atoms with Crippen LogP contribution in [-0.2, 0) is 45.2 Å². The highest BCUT2D eigenvalue weighted by Gasteiger charge is 2.65. The van der Waals surface area contributed by atoms with Crippen LogP contribution in [0.5, 0.6) is 0 Å². The number of ether oxygens (including phenoxy) is 4. The molecule has 0 spiro atoms. The van der Waals surface area contributed by atoms with Gasteiger partial charge in [0, 0.05) is 56.9 Å². The van der Waals surface area contributed by atoms with E-state index in [2.05, 4.69) is 0 Å². The first kappa shape index (κ1) is 34.5. The van der Waals surface area contributed by atoms with Crippen molar-refractivity contribution in [3.05, 3.63) is 69.7 Å². The molecule has 46 heavy (non-hydrogen) atoms. The van der Waals surface area contributed by atoms with E-state index in [4.69, 9.17) is 30.5 Å². The predicted molar refractivity (Wildman–Crippen MR) is 162 cm³/mol. The van der Waals surface area contributed by atoms with E-state index in [1.807, 2.05) is 0 Å². The Bertz CT molecular complexity index is 1470. The minimum Gasteiger partial charge on any atom is -0.455 e. The SMILES string of the molecule is CS[C@H]1O[C@@H](c2ccc(Cl)c(Cc3ccc(C45CC(F)(F)CC4CC(F)(F)C5)cc3)c2)[C@H](OC(C)=O)[C@@H](OC(C)=O)[C@@H]1OC(C)=O.